The van der Waals surface area contributed by atoms with Crippen molar-refractivity contribution in [2.45, 2.75) is 87.6 Å². The fraction of sp³-hybridized carbons (Fsp3) is 0.462. The second kappa shape index (κ2) is 16.5. The van der Waals surface area contributed by atoms with Crippen molar-refractivity contribution in [2.75, 3.05) is 26.2 Å². The number of benzene rings is 2. The van der Waals surface area contributed by atoms with E-state index >= 15 is 0 Å². The van der Waals surface area contributed by atoms with Crippen molar-refractivity contribution in [3.05, 3.63) is 83.1 Å². The molecular formula is C39H46N6O11S. The lowest BCUT2D eigenvalue weighted by atomic mass is 10.1. The SMILES string of the molecule is CCOC(=O)[C@@]12C[C@H]1C=CCCCN(S(=O)(=O)c1ccccc1[N+](=O)[O-])C[C@H](NC(=O)OC(C)(C)C)C(=O)N1C[C@H](Oc3nccc4ccccc34)C[C@H]1C(=O)N2. The lowest BCUT2D eigenvalue weighted by molar-refractivity contribution is -0.387. The first-order valence-electron chi connectivity index (χ1n) is 18.7. The lowest BCUT2D eigenvalue weighted by Crippen LogP contribution is -2.59. The Morgan fingerprint density at radius 1 is 1.09 bits per heavy atom. The van der Waals surface area contributed by atoms with Gasteiger partial charge in [0.2, 0.25) is 27.7 Å². The zero-order valence-corrected chi connectivity index (χ0v) is 32.9. The van der Waals surface area contributed by atoms with Crippen molar-refractivity contribution in [1.29, 1.82) is 0 Å². The van der Waals surface area contributed by atoms with E-state index in [1.807, 2.05) is 30.3 Å². The number of nitrogens with one attached hydrogen (secondary N) is 2. The van der Waals surface area contributed by atoms with Gasteiger partial charge >= 0.3 is 12.1 Å². The normalized spacial score (nSPS) is 24.6. The number of allylic oxidation sites excluding steroid dienone is 1. The van der Waals surface area contributed by atoms with E-state index in [0.717, 1.165) is 21.8 Å². The van der Waals surface area contributed by atoms with Gasteiger partial charge in [0.15, 0.2) is 4.90 Å². The second-order valence-electron chi connectivity index (χ2n) is 15.2. The van der Waals surface area contributed by atoms with Crippen LogP contribution in [0.2, 0.25) is 0 Å². The van der Waals surface area contributed by atoms with E-state index in [-0.39, 0.29) is 44.8 Å². The second-order valence-corrected chi connectivity index (χ2v) is 17.1. The van der Waals surface area contributed by atoms with E-state index in [9.17, 15) is 37.7 Å². The van der Waals surface area contributed by atoms with Crippen molar-refractivity contribution >= 4 is 50.4 Å². The molecule has 1 aromatic heterocycles. The van der Waals surface area contributed by atoms with Crippen LogP contribution in [0.25, 0.3) is 10.8 Å². The summed E-state index contributed by atoms with van der Waals surface area (Å²) >= 11 is 0. The third-order valence-corrected chi connectivity index (χ3v) is 11.9. The van der Waals surface area contributed by atoms with Crippen LogP contribution in [-0.2, 0) is 33.9 Å². The van der Waals surface area contributed by atoms with Gasteiger partial charge in [0, 0.05) is 43.1 Å². The molecule has 2 N–H and O–H groups in total. The summed E-state index contributed by atoms with van der Waals surface area (Å²) in [7, 11) is -4.68. The number of para-hydroxylation sites is 1. The highest BCUT2D eigenvalue weighted by Crippen LogP contribution is 2.46. The highest BCUT2D eigenvalue weighted by Gasteiger charge is 2.62. The molecule has 6 rings (SSSR count). The van der Waals surface area contributed by atoms with Gasteiger partial charge in [-0.1, -0.05) is 42.5 Å². The van der Waals surface area contributed by atoms with Gasteiger partial charge in [-0.2, -0.15) is 4.31 Å². The zero-order chi connectivity index (χ0) is 41.1. The van der Waals surface area contributed by atoms with Crippen LogP contribution in [0.4, 0.5) is 10.5 Å². The third-order valence-electron chi connectivity index (χ3n) is 9.97. The van der Waals surface area contributed by atoms with Gasteiger partial charge in [0.05, 0.1) is 18.1 Å². The summed E-state index contributed by atoms with van der Waals surface area (Å²) in [6.07, 6.45) is 3.91. The van der Waals surface area contributed by atoms with Crippen LogP contribution in [0.5, 0.6) is 5.88 Å². The molecule has 3 aromatic rings. The van der Waals surface area contributed by atoms with Crippen LogP contribution in [0.15, 0.2) is 77.8 Å². The quantitative estimate of drug-likeness (QED) is 0.144. The number of esters is 1. The molecule has 1 saturated carbocycles. The van der Waals surface area contributed by atoms with E-state index in [1.54, 1.807) is 46.0 Å². The van der Waals surface area contributed by atoms with Crippen LogP contribution in [0, 0.1) is 16.0 Å². The number of amides is 3. The monoisotopic (exact) mass is 806 g/mol. The predicted octanol–water partition coefficient (Wildman–Crippen LogP) is 3.86. The van der Waals surface area contributed by atoms with Crippen LogP contribution in [-0.4, -0.2) is 107 Å². The molecule has 0 radical (unpaired) electrons. The molecule has 1 aliphatic carbocycles. The number of sulfonamides is 1. The molecule has 304 valence electrons. The average molecular weight is 807 g/mol. The van der Waals surface area contributed by atoms with Gasteiger partial charge in [0.1, 0.15) is 29.3 Å². The number of aromatic nitrogens is 1. The zero-order valence-electron chi connectivity index (χ0n) is 32.1. The first-order valence-corrected chi connectivity index (χ1v) is 20.2. The molecule has 1 saturated heterocycles. The highest BCUT2D eigenvalue weighted by atomic mass is 32.2. The van der Waals surface area contributed by atoms with E-state index in [1.165, 1.54) is 17.0 Å². The molecule has 2 aliphatic heterocycles. The molecule has 0 bridgehead atoms. The Labute approximate surface area is 329 Å². The minimum atomic E-state index is -4.68. The van der Waals surface area contributed by atoms with Crippen molar-refractivity contribution in [3.8, 4) is 5.88 Å². The van der Waals surface area contributed by atoms with Crippen LogP contribution in [0.3, 0.4) is 0 Å². The molecule has 0 spiro atoms. The summed E-state index contributed by atoms with van der Waals surface area (Å²) in [4.78, 5) is 72.1. The van der Waals surface area contributed by atoms with Gasteiger partial charge in [-0.05, 0) is 70.5 Å². The summed E-state index contributed by atoms with van der Waals surface area (Å²) in [5.41, 5.74) is -3.08. The van der Waals surface area contributed by atoms with E-state index in [0.29, 0.717) is 11.8 Å². The van der Waals surface area contributed by atoms with Crippen molar-refractivity contribution in [2.24, 2.45) is 5.92 Å². The van der Waals surface area contributed by atoms with Gasteiger partial charge in [-0.25, -0.2) is 23.0 Å². The Kier molecular flexibility index (Phi) is 11.9. The average Bonchev–Trinajstić information content (AvgIpc) is 3.69. The Morgan fingerprint density at radius 3 is 2.56 bits per heavy atom. The Balaban J connectivity index is 1.42. The maximum atomic E-state index is 14.9. The summed E-state index contributed by atoms with van der Waals surface area (Å²) in [6.45, 7) is 5.46. The maximum Gasteiger partial charge on any atom is 0.408 e. The number of pyridine rings is 1. The first kappa shape index (κ1) is 41.0. The molecular weight excluding hydrogens is 761 g/mol. The summed E-state index contributed by atoms with van der Waals surface area (Å²) in [5, 5.41) is 18.9. The van der Waals surface area contributed by atoms with Crippen molar-refractivity contribution in [3.63, 3.8) is 0 Å². The summed E-state index contributed by atoms with van der Waals surface area (Å²) in [5.74, 6) is -2.36. The molecule has 18 heteroatoms. The molecule has 17 nitrogen and oxygen atoms in total. The number of hydrogen-bond acceptors (Lipinski definition) is 12. The molecule has 57 heavy (non-hydrogen) atoms. The smallest absolute Gasteiger partial charge is 0.408 e. The third kappa shape index (κ3) is 9.01. The lowest BCUT2D eigenvalue weighted by Gasteiger charge is -2.32. The maximum absolute atomic E-state index is 14.9. The number of nitrogens with zero attached hydrogens (tertiary/aromatic N) is 4. The van der Waals surface area contributed by atoms with Gasteiger partial charge in [-0.15, -0.1) is 0 Å². The molecule has 2 aromatic carbocycles. The van der Waals surface area contributed by atoms with Crippen molar-refractivity contribution < 1.29 is 46.7 Å². The summed E-state index contributed by atoms with van der Waals surface area (Å²) < 4.78 is 46.8. The molecule has 3 heterocycles. The van der Waals surface area contributed by atoms with E-state index in [2.05, 4.69) is 15.6 Å². The fourth-order valence-corrected chi connectivity index (χ4v) is 8.84. The summed E-state index contributed by atoms with van der Waals surface area (Å²) in [6, 6.07) is 11.1. The Hall–Kier alpha value is -5.62. The highest BCUT2D eigenvalue weighted by molar-refractivity contribution is 7.89. The number of nitro benzene ring substituents is 1. The Morgan fingerprint density at radius 2 is 1.82 bits per heavy atom. The molecule has 3 aliphatic rings. The largest absolute Gasteiger partial charge is 0.472 e. The predicted molar refractivity (Wildman–Crippen MR) is 205 cm³/mol. The number of nitro groups is 1. The van der Waals surface area contributed by atoms with E-state index in [4.69, 9.17) is 14.2 Å². The van der Waals surface area contributed by atoms with Gasteiger partial charge in [-0.3, -0.25) is 19.7 Å². The van der Waals surface area contributed by atoms with Crippen LogP contribution < -0.4 is 15.4 Å². The van der Waals surface area contributed by atoms with Gasteiger partial charge < -0.3 is 29.7 Å². The number of rotatable bonds is 8. The number of ether oxygens (including phenoxy) is 3. The van der Waals surface area contributed by atoms with Crippen LogP contribution in [0.1, 0.15) is 53.4 Å². The topological polar surface area (TPSA) is 217 Å². The molecule has 0 unspecified atom stereocenters. The fourth-order valence-electron chi connectivity index (χ4n) is 7.19. The Bertz CT molecular complexity index is 2190. The van der Waals surface area contributed by atoms with E-state index < -0.39 is 91.2 Å². The molecule has 3 amide bonds. The number of hydrogen-bond donors (Lipinski definition) is 2. The molecule has 2 fully saturated rings. The minimum Gasteiger partial charge on any atom is -0.472 e. The number of carbonyl (C=O) groups is 4. The molecule has 5 atom stereocenters. The van der Waals surface area contributed by atoms with Crippen molar-refractivity contribution in [1.82, 2.24) is 24.8 Å². The number of alkyl carbamates (subject to hydrolysis) is 1. The van der Waals surface area contributed by atoms with Gasteiger partial charge in [0.25, 0.3) is 5.69 Å². The standard InChI is InChI=1S/C39H46N6O11S/c1-5-54-36(48)39-22-26(39)14-7-6-12-20-43(57(52,53)32-17-11-10-16-30(32)45(50)51)24-29(41-37(49)56-38(2,3)4)35(47)44-23-27(21-31(44)33(46)42-39)55-34-28-15-9-8-13-25(28)18-19-40-34/h7-11,13-19,26-27,29,31H,5-6,12,20-24H2,1-4H3,(H,41,49)(H,42,46)/t26-,27-,29+,31+,39-/m1/s1. The van der Waals surface area contributed by atoms with Crippen LogP contribution >= 0.6 is 0 Å². The minimum absolute atomic E-state index is 0.0563. The first-order chi connectivity index (χ1) is 27.0. The number of carbonyl (C=O) groups excluding carboxylic acids is 4. The number of fused-ring (bicyclic) bond motifs is 3.